The highest BCUT2D eigenvalue weighted by atomic mass is 16.2. The molecule has 0 saturated carbocycles. The highest BCUT2D eigenvalue weighted by molar-refractivity contribution is 6.09. The third-order valence-electron chi connectivity index (χ3n) is 8.75. The second kappa shape index (κ2) is 8.37. The fraction of sp³-hybridized carbons (Fsp3) is 0.147. The minimum atomic E-state index is -0.427. The first-order valence-electron chi connectivity index (χ1n) is 13.4. The molecule has 5 nitrogen and oxygen atoms in total. The van der Waals surface area contributed by atoms with Crippen LogP contribution in [0.2, 0.25) is 0 Å². The van der Waals surface area contributed by atoms with Crippen molar-refractivity contribution < 1.29 is 9.59 Å². The van der Waals surface area contributed by atoms with E-state index in [4.69, 9.17) is 0 Å². The molecule has 0 N–H and O–H groups in total. The Hall–Kier alpha value is -4.77. The van der Waals surface area contributed by atoms with Gasteiger partial charge in [0.2, 0.25) is 0 Å². The highest BCUT2D eigenvalue weighted by Crippen LogP contribution is 2.60. The molecule has 1 aliphatic heterocycles. The highest BCUT2D eigenvalue weighted by Gasteiger charge is 2.61. The molecular formula is C34H25N3O2. The first-order chi connectivity index (χ1) is 19.2. The van der Waals surface area contributed by atoms with E-state index in [0.717, 1.165) is 28.0 Å². The Kier molecular flexibility index (Phi) is 4.77. The van der Waals surface area contributed by atoms with Crippen LogP contribution < -0.4 is 0 Å². The summed E-state index contributed by atoms with van der Waals surface area (Å²) in [7, 11) is 0. The Bertz CT molecular complexity index is 1700. The Morgan fingerprint density at radius 2 is 1.15 bits per heavy atom. The Morgan fingerprint density at radius 1 is 0.641 bits per heavy atom. The molecule has 39 heavy (non-hydrogen) atoms. The van der Waals surface area contributed by atoms with Crippen LogP contribution >= 0.6 is 0 Å². The quantitative estimate of drug-likeness (QED) is 0.224. The summed E-state index contributed by atoms with van der Waals surface area (Å²) in [6.07, 6.45) is 3.73. The Balaban J connectivity index is 1.18. The molecule has 2 amide bonds. The number of rotatable bonds is 4. The summed E-state index contributed by atoms with van der Waals surface area (Å²) in [4.78, 5) is 27.8. The third kappa shape index (κ3) is 3.16. The van der Waals surface area contributed by atoms with Crippen LogP contribution in [0, 0.1) is 11.8 Å². The number of imide groups is 1. The van der Waals surface area contributed by atoms with Crippen molar-refractivity contribution in [3.63, 3.8) is 0 Å². The predicted octanol–water partition coefficient (Wildman–Crippen LogP) is 5.92. The van der Waals surface area contributed by atoms with Gasteiger partial charge in [0.15, 0.2) is 0 Å². The number of aromatic nitrogens is 1. The number of amides is 2. The molecular weight excluding hydrogens is 482 g/mol. The minimum Gasteiger partial charge on any atom is -0.342 e. The number of benzene rings is 4. The zero-order chi connectivity index (χ0) is 26.1. The van der Waals surface area contributed by atoms with Crippen molar-refractivity contribution in [3.8, 4) is 0 Å². The fourth-order valence-electron chi connectivity index (χ4n) is 7.18. The van der Waals surface area contributed by atoms with Gasteiger partial charge in [-0.15, -0.1) is 0 Å². The number of hydrogen-bond donors (Lipinski definition) is 0. The van der Waals surface area contributed by atoms with Gasteiger partial charge >= 0.3 is 0 Å². The van der Waals surface area contributed by atoms with Gasteiger partial charge in [0.1, 0.15) is 0 Å². The summed E-state index contributed by atoms with van der Waals surface area (Å²) in [6, 6.07) is 35.0. The topological polar surface area (TPSA) is 54.7 Å². The van der Waals surface area contributed by atoms with Crippen molar-refractivity contribution in [2.75, 3.05) is 0 Å². The fourth-order valence-corrected chi connectivity index (χ4v) is 7.18. The van der Waals surface area contributed by atoms with Gasteiger partial charge in [0, 0.05) is 41.0 Å². The summed E-state index contributed by atoms with van der Waals surface area (Å²) in [5, 5.41) is 6.75. The van der Waals surface area contributed by atoms with E-state index < -0.39 is 11.8 Å². The van der Waals surface area contributed by atoms with E-state index in [1.54, 1.807) is 6.21 Å². The molecule has 5 heteroatoms. The maximum Gasteiger partial charge on any atom is 0.254 e. The molecule has 4 aliphatic rings. The van der Waals surface area contributed by atoms with Crippen molar-refractivity contribution >= 4 is 28.9 Å². The summed E-state index contributed by atoms with van der Waals surface area (Å²) in [5.41, 5.74) is 7.82. The van der Waals surface area contributed by atoms with Gasteiger partial charge in [-0.2, -0.15) is 10.1 Å². The van der Waals surface area contributed by atoms with Crippen molar-refractivity contribution in [2.24, 2.45) is 16.9 Å². The van der Waals surface area contributed by atoms with Gasteiger partial charge in [-0.3, -0.25) is 9.59 Å². The largest absolute Gasteiger partial charge is 0.342 e. The van der Waals surface area contributed by atoms with Crippen molar-refractivity contribution in [3.05, 3.63) is 143 Å². The lowest BCUT2D eigenvalue weighted by atomic mass is 9.55. The van der Waals surface area contributed by atoms with Crippen LogP contribution in [-0.2, 0) is 16.1 Å². The van der Waals surface area contributed by atoms with Gasteiger partial charge in [-0.25, -0.2) is 0 Å². The molecule has 2 heterocycles. The van der Waals surface area contributed by atoms with Crippen LogP contribution in [0.5, 0.6) is 0 Å². The van der Waals surface area contributed by atoms with Gasteiger partial charge in [0.05, 0.1) is 18.1 Å². The number of hydrazone groups is 1. The lowest BCUT2D eigenvalue weighted by molar-refractivity contribution is -0.139. The maximum absolute atomic E-state index is 13.9. The van der Waals surface area contributed by atoms with E-state index in [-0.39, 0.29) is 23.7 Å². The monoisotopic (exact) mass is 507 g/mol. The molecule has 0 spiro atoms. The molecule has 0 unspecified atom stereocenters. The predicted molar refractivity (Wildman–Crippen MR) is 150 cm³/mol. The van der Waals surface area contributed by atoms with Crippen LogP contribution in [0.3, 0.4) is 0 Å². The van der Waals surface area contributed by atoms with E-state index in [1.807, 2.05) is 54.6 Å². The smallest absolute Gasteiger partial charge is 0.254 e. The van der Waals surface area contributed by atoms with Crippen LogP contribution in [0.4, 0.5) is 0 Å². The molecule has 2 bridgehead atoms. The van der Waals surface area contributed by atoms with Crippen molar-refractivity contribution in [1.82, 2.24) is 9.58 Å². The van der Waals surface area contributed by atoms with Crippen molar-refractivity contribution in [2.45, 2.75) is 18.4 Å². The number of fused-ring (bicyclic) bond motifs is 1. The molecule has 188 valence electrons. The zero-order valence-electron chi connectivity index (χ0n) is 21.1. The van der Waals surface area contributed by atoms with Gasteiger partial charge in [0.25, 0.3) is 11.8 Å². The summed E-state index contributed by atoms with van der Waals surface area (Å²) in [5.74, 6) is -1.51. The number of hydrogen-bond acceptors (Lipinski definition) is 3. The standard InChI is InChI=1S/C34H25N3O2/c38-33-31-29-24-13-4-5-14-25(24)30(27-16-7-6-15-26(27)29)32(31)34(39)37(33)35-18-22-20-36(19-21-10-2-1-3-11-21)28-17-9-8-12-23(22)28/h1-18,20,29-32H,19H2/b35-18-/t29?,30?,31-,32-/m0/s1. The van der Waals surface area contributed by atoms with Crippen LogP contribution in [0.1, 0.15) is 45.2 Å². The molecule has 3 aliphatic carbocycles. The number of nitrogens with zero attached hydrogens (tertiary/aromatic N) is 3. The number of carbonyl (C=O) groups excluding carboxylic acids is 2. The first kappa shape index (κ1) is 22.2. The lowest BCUT2D eigenvalue weighted by Gasteiger charge is -2.45. The van der Waals surface area contributed by atoms with E-state index in [1.165, 1.54) is 27.8 Å². The number of carbonyl (C=O) groups is 2. The molecule has 9 rings (SSSR count). The van der Waals surface area contributed by atoms with Crippen LogP contribution in [0.25, 0.3) is 10.9 Å². The average molecular weight is 508 g/mol. The SMILES string of the molecule is O=C1[C@H]2C3c4ccccc4C(c4ccccc43)[C@@H]2C(=O)N1/N=C\c1cn(Cc2ccccc2)c2ccccc12. The van der Waals surface area contributed by atoms with Crippen LogP contribution in [-0.4, -0.2) is 27.6 Å². The van der Waals surface area contributed by atoms with E-state index >= 15 is 0 Å². The summed E-state index contributed by atoms with van der Waals surface area (Å²) >= 11 is 0. The third-order valence-corrected chi connectivity index (χ3v) is 8.75. The van der Waals surface area contributed by atoms with E-state index in [2.05, 4.69) is 64.4 Å². The molecule has 1 aromatic heterocycles. The second-order valence-corrected chi connectivity index (χ2v) is 10.7. The van der Waals surface area contributed by atoms with E-state index in [9.17, 15) is 9.59 Å². The number of para-hydroxylation sites is 1. The first-order valence-corrected chi connectivity index (χ1v) is 13.4. The maximum atomic E-state index is 13.9. The Morgan fingerprint density at radius 3 is 1.74 bits per heavy atom. The van der Waals surface area contributed by atoms with Crippen LogP contribution in [0.15, 0.2) is 114 Å². The summed E-state index contributed by atoms with van der Waals surface area (Å²) in [6.45, 7) is 0.723. The molecule has 1 saturated heterocycles. The van der Waals surface area contributed by atoms with E-state index in [0.29, 0.717) is 0 Å². The van der Waals surface area contributed by atoms with Gasteiger partial charge < -0.3 is 4.57 Å². The average Bonchev–Trinajstić information content (AvgIpc) is 3.46. The van der Waals surface area contributed by atoms with Gasteiger partial charge in [-0.05, 0) is 33.9 Å². The normalized spacial score (nSPS) is 22.9. The molecule has 4 aromatic carbocycles. The Labute approximate surface area is 226 Å². The minimum absolute atomic E-state index is 0.128. The molecule has 1 fully saturated rings. The zero-order valence-corrected chi connectivity index (χ0v) is 21.1. The lowest BCUT2D eigenvalue weighted by Crippen LogP contribution is -2.41. The molecule has 2 atom stereocenters. The second-order valence-electron chi connectivity index (χ2n) is 10.7. The van der Waals surface area contributed by atoms with Crippen molar-refractivity contribution in [1.29, 1.82) is 0 Å². The molecule has 0 radical (unpaired) electrons. The van der Waals surface area contributed by atoms with Gasteiger partial charge in [-0.1, -0.05) is 97.1 Å². The summed E-state index contributed by atoms with van der Waals surface area (Å²) < 4.78 is 2.19. The molecule has 5 aromatic rings.